The van der Waals surface area contributed by atoms with Crippen LogP contribution in [-0.4, -0.2) is 81.6 Å². The topological polar surface area (TPSA) is 147 Å². The standard InChI is InChI=1S/C48H39N5O8/c54-42-39(24-57-40-25-58-46(61-43(40)42)28-12-2-1-3-13-28)52-27-51-41-44(52)49-26-50-45(41)53(47(55)59-22-37-33-18-8-4-14-29(33)30-15-5-9-19-34(30)37)48(56)60-23-38-35-20-10-6-16-31(35)32-17-7-11-21-36(32)38/h1-21,26-27,37-40,42-43,46,54H,22-25H2/t39-,40-,42+,43-,46-/m1/s1. The van der Waals surface area contributed by atoms with Gasteiger partial charge in [-0.3, -0.25) is 0 Å². The average Bonchev–Trinajstić information content (AvgIpc) is 3.99. The molecule has 4 aliphatic rings. The molecule has 13 heteroatoms. The first-order valence-corrected chi connectivity index (χ1v) is 20.3. The maximum Gasteiger partial charge on any atom is 0.425 e. The molecule has 11 rings (SSSR count). The van der Waals surface area contributed by atoms with Crippen molar-refractivity contribution in [3.05, 3.63) is 168 Å². The van der Waals surface area contributed by atoms with Crippen LogP contribution < -0.4 is 4.90 Å². The Labute approximate surface area is 350 Å². The van der Waals surface area contributed by atoms with Gasteiger partial charge < -0.3 is 33.4 Å². The molecule has 2 saturated heterocycles. The molecule has 13 nitrogen and oxygen atoms in total. The predicted octanol–water partition coefficient (Wildman–Crippen LogP) is 7.95. The van der Waals surface area contributed by atoms with E-state index in [9.17, 15) is 14.7 Å². The van der Waals surface area contributed by atoms with Gasteiger partial charge in [-0.15, -0.1) is 0 Å². The third-order valence-corrected chi connectivity index (χ3v) is 12.3. The zero-order valence-electron chi connectivity index (χ0n) is 32.7. The molecule has 0 bridgehead atoms. The van der Waals surface area contributed by atoms with Crippen LogP contribution in [0.15, 0.2) is 140 Å². The molecular formula is C48H39N5O8. The normalized spacial score (nSPS) is 21.5. The smallest absolute Gasteiger partial charge is 0.425 e. The molecule has 61 heavy (non-hydrogen) atoms. The Balaban J connectivity index is 0.908. The van der Waals surface area contributed by atoms with Crippen molar-refractivity contribution in [2.45, 2.75) is 42.5 Å². The molecule has 0 spiro atoms. The number of amides is 2. The molecule has 2 fully saturated rings. The molecule has 2 aliphatic heterocycles. The van der Waals surface area contributed by atoms with Crippen LogP contribution in [0.2, 0.25) is 0 Å². The number of anilines is 1. The highest BCUT2D eigenvalue weighted by molar-refractivity contribution is 6.12. The Bertz CT molecular complexity index is 2590. The fraction of sp³-hybridized carbons (Fsp3) is 0.229. The van der Waals surface area contributed by atoms with Crippen LogP contribution in [0, 0.1) is 0 Å². The number of fused-ring (bicyclic) bond motifs is 8. The Morgan fingerprint density at radius 1 is 0.656 bits per heavy atom. The second-order valence-electron chi connectivity index (χ2n) is 15.6. The number of aromatic nitrogens is 4. The summed E-state index contributed by atoms with van der Waals surface area (Å²) in [6.45, 7) is 0.230. The van der Waals surface area contributed by atoms with Crippen LogP contribution in [0.3, 0.4) is 0 Å². The van der Waals surface area contributed by atoms with E-state index in [-0.39, 0.29) is 55.2 Å². The van der Waals surface area contributed by atoms with Gasteiger partial charge in [0, 0.05) is 17.4 Å². The van der Waals surface area contributed by atoms with Crippen molar-refractivity contribution in [1.29, 1.82) is 0 Å². The van der Waals surface area contributed by atoms with Crippen molar-refractivity contribution in [2.24, 2.45) is 0 Å². The molecular weight excluding hydrogens is 775 g/mol. The molecule has 2 aliphatic carbocycles. The Kier molecular flexibility index (Phi) is 9.38. The lowest BCUT2D eigenvalue weighted by Gasteiger charge is -2.45. The summed E-state index contributed by atoms with van der Waals surface area (Å²) in [6, 6.07) is 40.9. The van der Waals surface area contributed by atoms with Gasteiger partial charge in [-0.2, -0.15) is 4.90 Å². The van der Waals surface area contributed by atoms with Crippen LogP contribution in [0.1, 0.15) is 52.0 Å². The van der Waals surface area contributed by atoms with E-state index in [2.05, 4.69) is 39.2 Å². The summed E-state index contributed by atoms with van der Waals surface area (Å²) in [5.41, 5.74) is 9.54. The van der Waals surface area contributed by atoms with Gasteiger partial charge in [0.25, 0.3) is 0 Å². The van der Waals surface area contributed by atoms with Gasteiger partial charge in [-0.05, 0) is 44.5 Å². The van der Waals surface area contributed by atoms with Crippen LogP contribution >= 0.6 is 0 Å². The first kappa shape index (κ1) is 37.2. The van der Waals surface area contributed by atoms with Gasteiger partial charge in [0.15, 0.2) is 23.3 Å². The van der Waals surface area contributed by atoms with Crippen molar-refractivity contribution in [3.63, 3.8) is 0 Å². The zero-order valence-corrected chi connectivity index (χ0v) is 32.7. The van der Waals surface area contributed by atoms with Crippen LogP contribution in [0.5, 0.6) is 0 Å². The van der Waals surface area contributed by atoms with E-state index in [4.69, 9.17) is 23.7 Å². The van der Waals surface area contributed by atoms with Gasteiger partial charge in [0.05, 0.1) is 25.6 Å². The number of benzene rings is 5. The number of imidazole rings is 1. The number of ether oxygens (including phenoxy) is 5. The highest BCUT2D eigenvalue weighted by Crippen LogP contribution is 2.46. The number of hydrogen-bond donors (Lipinski definition) is 1. The first-order chi connectivity index (χ1) is 30.0. The van der Waals surface area contributed by atoms with E-state index in [0.29, 0.717) is 0 Å². The Hall–Kier alpha value is -6.77. The zero-order chi connectivity index (χ0) is 41.0. The van der Waals surface area contributed by atoms with Gasteiger partial charge in [0.1, 0.15) is 37.9 Å². The molecule has 2 amide bonds. The number of aliphatic hydroxyl groups excluding tert-OH is 1. The van der Waals surface area contributed by atoms with Crippen LogP contribution in [0.4, 0.5) is 15.4 Å². The van der Waals surface area contributed by atoms with E-state index in [1.165, 1.54) is 12.7 Å². The highest BCUT2D eigenvalue weighted by Gasteiger charge is 2.46. The molecule has 7 aromatic rings. The van der Waals surface area contributed by atoms with Gasteiger partial charge in [0.2, 0.25) is 0 Å². The molecule has 4 heterocycles. The monoisotopic (exact) mass is 813 g/mol. The fourth-order valence-corrected chi connectivity index (χ4v) is 9.37. The van der Waals surface area contributed by atoms with Crippen molar-refractivity contribution in [3.8, 4) is 22.3 Å². The number of carbonyl (C=O) groups is 2. The quantitative estimate of drug-likeness (QED) is 0.167. The number of aliphatic hydroxyl groups is 1. The summed E-state index contributed by atoms with van der Waals surface area (Å²) in [5.74, 6) is -0.666. The summed E-state index contributed by atoms with van der Waals surface area (Å²) in [4.78, 5) is 43.4. The molecule has 2 aromatic heterocycles. The lowest BCUT2D eigenvalue weighted by molar-refractivity contribution is -0.306. The summed E-state index contributed by atoms with van der Waals surface area (Å²) in [7, 11) is 0. The fourth-order valence-electron chi connectivity index (χ4n) is 9.37. The van der Waals surface area contributed by atoms with Crippen LogP contribution in [-0.2, 0) is 23.7 Å². The average molecular weight is 814 g/mol. The summed E-state index contributed by atoms with van der Waals surface area (Å²) in [6.07, 6.45) is -2.20. The molecule has 0 unspecified atom stereocenters. The van der Waals surface area contributed by atoms with Crippen molar-refractivity contribution in [2.75, 3.05) is 31.3 Å². The van der Waals surface area contributed by atoms with Gasteiger partial charge in [-0.25, -0.2) is 24.5 Å². The lowest BCUT2D eigenvalue weighted by atomic mass is 9.97. The van der Waals surface area contributed by atoms with E-state index in [1.54, 1.807) is 4.57 Å². The minimum atomic E-state index is -1.05. The second-order valence-corrected chi connectivity index (χ2v) is 15.6. The van der Waals surface area contributed by atoms with Crippen LogP contribution in [0.25, 0.3) is 33.4 Å². The van der Waals surface area contributed by atoms with Crippen molar-refractivity contribution < 1.29 is 38.4 Å². The summed E-state index contributed by atoms with van der Waals surface area (Å²) >= 11 is 0. The van der Waals surface area contributed by atoms with E-state index < -0.39 is 42.8 Å². The SMILES string of the molecule is O=C(OCC1c2ccccc2-c2ccccc21)N(C(=O)OCC1c2ccccc2-c2ccccc21)c1ncnc2c1ncn2[C@@H]1CO[C@@H]2CO[C@@H](c3ccccc3)O[C@H]2[C@H]1O. The molecule has 304 valence electrons. The molecule has 0 radical (unpaired) electrons. The van der Waals surface area contributed by atoms with Crippen molar-refractivity contribution >= 4 is 29.2 Å². The largest absolute Gasteiger partial charge is 0.448 e. The van der Waals surface area contributed by atoms with Crippen molar-refractivity contribution in [1.82, 2.24) is 19.5 Å². The number of rotatable bonds is 7. The number of hydrogen-bond acceptors (Lipinski definition) is 11. The van der Waals surface area contributed by atoms with Gasteiger partial charge >= 0.3 is 12.2 Å². The number of carbonyl (C=O) groups excluding carboxylic acids is 2. The predicted molar refractivity (Wildman–Crippen MR) is 223 cm³/mol. The molecule has 5 aromatic carbocycles. The molecule has 0 saturated carbocycles. The minimum absolute atomic E-state index is 0.0511. The second kappa shape index (κ2) is 15.4. The third-order valence-electron chi connectivity index (χ3n) is 12.3. The minimum Gasteiger partial charge on any atom is -0.448 e. The Morgan fingerprint density at radius 3 is 1.74 bits per heavy atom. The van der Waals surface area contributed by atoms with E-state index >= 15 is 0 Å². The lowest BCUT2D eigenvalue weighted by Crippen LogP contribution is -2.56. The molecule has 1 N–H and O–H groups in total. The molecule has 5 atom stereocenters. The van der Waals surface area contributed by atoms with E-state index in [0.717, 1.165) is 55.0 Å². The summed E-state index contributed by atoms with van der Waals surface area (Å²) in [5, 5.41) is 11.8. The Morgan fingerprint density at radius 2 is 1.18 bits per heavy atom. The number of imide groups is 1. The maximum absolute atomic E-state index is 14.5. The van der Waals surface area contributed by atoms with Gasteiger partial charge in [-0.1, -0.05) is 127 Å². The first-order valence-electron chi connectivity index (χ1n) is 20.3. The summed E-state index contributed by atoms with van der Waals surface area (Å²) < 4.78 is 32.2. The third kappa shape index (κ3) is 6.36. The van der Waals surface area contributed by atoms with E-state index in [1.807, 2.05) is 103 Å². The number of nitrogens with zero attached hydrogens (tertiary/aromatic N) is 5. The highest BCUT2D eigenvalue weighted by atomic mass is 16.7. The maximum atomic E-state index is 14.5.